The first-order chi connectivity index (χ1) is 9.88. The number of aliphatic carboxylic acids is 1. The fourth-order valence-corrected chi connectivity index (χ4v) is 2.38. The van der Waals surface area contributed by atoms with Gasteiger partial charge in [-0.1, -0.05) is 6.07 Å². The van der Waals surface area contributed by atoms with E-state index in [0.717, 1.165) is 12.8 Å². The Balaban J connectivity index is 2.19. The van der Waals surface area contributed by atoms with Crippen molar-refractivity contribution in [1.82, 2.24) is 5.32 Å². The maximum absolute atomic E-state index is 12.4. The van der Waals surface area contributed by atoms with Crippen LogP contribution in [0, 0.1) is 5.92 Å². The third-order valence-corrected chi connectivity index (χ3v) is 3.91. The Hall–Kier alpha value is -2.24. The first kappa shape index (κ1) is 15.2. The second-order valence-corrected chi connectivity index (χ2v) is 5.48. The number of phenols is 1. The molecular formula is C15H20N2O4. The molecule has 0 aliphatic heterocycles. The van der Waals surface area contributed by atoms with Gasteiger partial charge >= 0.3 is 12.0 Å². The molecule has 0 saturated heterocycles. The first-order valence-corrected chi connectivity index (χ1v) is 7.00. The van der Waals surface area contributed by atoms with Gasteiger partial charge in [0.1, 0.15) is 11.3 Å². The summed E-state index contributed by atoms with van der Waals surface area (Å²) in [4.78, 5) is 25.3. The van der Waals surface area contributed by atoms with Crippen LogP contribution in [0.5, 0.6) is 5.75 Å². The molecule has 6 nitrogen and oxygen atoms in total. The molecule has 114 valence electrons. The minimum Gasteiger partial charge on any atom is -0.508 e. The second kappa shape index (κ2) is 5.63. The largest absolute Gasteiger partial charge is 0.508 e. The number of carboxylic acids is 1. The number of benzene rings is 1. The van der Waals surface area contributed by atoms with Crippen molar-refractivity contribution in [3.63, 3.8) is 0 Å². The highest BCUT2D eigenvalue weighted by Gasteiger charge is 2.49. The third-order valence-electron chi connectivity index (χ3n) is 3.91. The SMILES string of the molecule is CCN(C(=O)NC(C)(C(=O)O)C1CC1)c1cccc(O)c1. The number of nitrogens with one attached hydrogen (secondary N) is 1. The molecular weight excluding hydrogens is 272 g/mol. The van der Waals surface area contributed by atoms with Gasteiger partial charge in [-0.15, -0.1) is 0 Å². The van der Waals surface area contributed by atoms with Crippen LogP contribution in [0.25, 0.3) is 0 Å². The van der Waals surface area contributed by atoms with Gasteiger partial charge in [0.2, 0.25) is 0 Å². The summed E-state index contributed by atoms with van der Waals surface area (Å²) in [6, 6.07) is 5.84. The predicted molar refractivity (Wildman–Crippen MR) is 78.4 cm³/mol. The molecule has 1 aliphatic carbocycles. The van der Waals surface area contributed by atoms with Gasteiger partial charge in [-0.3, -0.25) is 4.90 Å². The Kier molecular flexibility index (Phi) is 4.06. The number of hydrogen-bond acceptors (Lipinski definition) is 3. The van der Waals surface area contributed by atoms with Crippen LogP contribution in [0.4, 0.5) is 10.5 Å². The Labute approximate surface area is 123 Å². The van der Waals surface area contributed by atoms with E-state index in [1.54, 1.807) is 26.0 Å². The lowest BCUT2D eigenvalue weighted by atomic mass is 9.96. The molecule has 1 unspecified atom stereocenters. The lowest BCUT2D eigenvalue weighted by Crippen LogP contribution is -2.57. The van der Waals surface area contributed by atoms with E-state index in [4.69, 9.17) is 0 Å². The summed E-state index contributed by atoms with van der Waals surface area (Å²) < 4.78 is 0. The van der Waals surface area contributed by atoms with Gasteiger partial charge in [0.05, 0.1) is 0 Å². The van der Waals surface area contributed by atoms with Gasteiger partial charge in [-0.2, -0.15) is 0 Å². The normalized spacial score (nSPS) is 16.9. The molecule has 1 fully saturated rings. The van der Waals surface area contributed by atoms with Crippen LogP contribution in [0.15, 0.2) is 24.3 Å². The quantitative estimate of drug-likeness (QED) is 0.776. The van der Waals surface area contributed by atoms with Crippen LogP contribution in [-0.2, 0) is 4.79 Å². The molecule has 21 heavy (non-hydrogen) atoms. The van der Waals surface area contributed by atoms with E-state index < -0.39 is 17.5 Å². The fraction of sp³-hybridized carbons (Fsp3) is 0.467. The van der Waals surface area contributed by atoms with Crippen LogP contribution in [0.3, 0.4) is 0 Å². The summed E-state index contributed by atoms with van der Waals surface area (Å²) in [5, 5.41) is 21.5. The average molecular weight is 292 g/mol. The second-order valence-electron chi connectivity index (χ2n) is 5.48. The molecule has 2 amide bonds. The van der Waals surface area contributed by atoms with Gasteiger partial charge in [0.15, 0.2) is 0 Å². The Morgan fingerprint density at radius 1 is 1.43 bits per heavy atom. The van der Waals surface area contributed by atoms with Gasteiger partial charge in [0.25, 0.3) is 0 Å². The van der Waals surface area contributed by atoms with Gasteiger partial charge in [-0.25, -0.2) is 9.59 Å². The summed E-state index contributed by atoms with van der Waals surface area (Å²) >= 11 is 0. The lowest BCUT2D eigenvalue weighted by molar-refractivity contribution is -0.144. The number of carboxylic acid groups (broad SMARTS) is 1. The highest BCUT2D eigenvalue weighted by molar-refractivity contribution is 5.96. The summed E-state index contributed by atoms with van der Waals surface area (Å²) in [6.07, 6.45) is 1.61. The average Bonchev–Trinajstić information content (AvgIpc) is 3.23. The fourth-order valence-electron chi connectivity index (χ4n) is 2.38. The van der Waals surface area contributed by atoms with Crippen molar-refractivity contribution in [3.05, 3.63) is 24.3 Å². The number of amides is 2. The van der Waals surface area contributed by atoms with Crippen molar-refractivity contribution >= 4 is 17.7 Å². The maximum atomic E-state index is 12.4. The molecule has 3 N–H and O–H groups in total. The van der Waals surface area contributed by atoms with Crippen LogP contribution < -0.4 is 10.2 Å². The van der Waals surface area contributed by atoms with E-state index in [0.29, 0.717) is 12.2 Å². The number of aromatic hydroxyl groups is 1. The molecule has 6 heteroatoms. The molecule has 1 aromatic rings. The van der Waals surface area contributed by atoms with Crippen LogP contribution in [0.1, 0.15) is 26.7 Å². The number of anilines is 1. The molecule has 1 aliphatic rings. The van der Waals surface area contributed by atoms with Gasteiger partial charge < -0.3 is 15.5 Å². The lowest BCUT2D eigenvalue weighted by Gasteiger charge is -2.30. The standard InChI is InChI=1S/C15H20N2O4/c1-3-17(11-5-4-6-12(18)9-11)14(21)16-15(2,13(19)20)10-7-8-10/h4-6,9-10,18H,3,7-8H2,1-2H3,(H,16,21)(H,19,20). The van der Waals surface area contributed by atoms with Gasteiger partial charge in [0, 0.05) is 18.3 Å². The maximum Gasteiger partial charge on any atom is 0.329 e. The summed E-state index contributed by atoms with van der Waals surface area (Å²) in [5.74, 6) is -0.992. The highest BCUT2D eigenvalue weighted by atomic mass is 16.4. The topological polar surface area (TPSA) is 89.9 Å². The molecule has 2 rings (SSSR count). The molecule has 1 aromatic carbocycles. The predicted octanol–water partition coefficient (Wildman–Crippen LogP) is 2.18. The number of rotatable bonds is 5. The number of urea groups is 1. The highest BCUT2D eigenvalue weighted by Crippen LogP contribution is 2.40. The van der Waals surface area contributed by atoms with E-state index >= 15 is 0 Å². The number of phenolic OH excluding ortho intramolecular Hbond substituents is 1. The minimum absolute atomic E-state index is 0.0261. The van der Waals surface area contributed by atoms with Crippen molar-refractivity contribution in [2.24, 2.45) is 5.92 Å². The minimum atomic E-state index is -1.25. The van der Waals surface area contributed by atoms with Gasteiger partial charge in [-0.05, 0) is 44.7 Å². The monoisotopic (exact) mass is 292 g/mol. The van der Waals surface area contributed by atoms with Crippen molar-refractivity contribution < 1.29 is 19.8 Å². The van der Waals surface area contributed by atoms with Crippen molar-refractivity contribution in [3.8, 4) is 5.75 Å². The molecule has 0 aromatic heterocycles. The summed E-state index contributed by atoms with van der Waals surface area (Å²) in [5.41, 5.74) is -0.722. The van der Waals surface area contributed by atoms with Crippen molar-refractivity contribution in [2.45, 2.75) is 32.2 Å². The number of carbonyl (C=O) groups is 2. The van der Waals surface area contributed by atoms with Crippen LogP contribution in [0.2, 0.25) is 0 Å². The molecule has 0 radical (unpaired) electrons. The van der Waals surface area contributed by atoms with E-state index in [1.807, 2.05) is 0 Å². The Morgan fingerprint density at radius 3 is 2.57 bits per heavy atom. The van der Waals surface area contributed by atoms with Crippen molar-refractivity contribution in [2.75, 3.05) is 11.4 Å². The molecule has 0 bridgehead atoms. The molecule has 1 atom stereocenters. The van der Waals surface area contributed by atoms with E-state index in [2.05, 4.69) is 5.32 Å². The zero-order valence-electron chi connectivity index (χ0n) is 12.2. The third kappa shape index (κ3) is 3.09. The van der Waals surface area contributed by atoms with E-state index in [1.165, 1.54) is 17.0 Å². The zero-order valence-corrected chi connectivity index (χ0v) is 12.2. The number of hydrogen-bond donors (Lipinski definition) is 3. The zero-order chi connectivity index (χ0) is 15.6. The Morgan fingerprint density at radius 2 is 2.10 bits per heavy atom. The van der Waals surface area contributed by atoms with Crippen LogP contribution in [-0.4, -0.2) is 34.3 Å². The Bertz CT molecular complexity index is 556. The molecule has 0 spiro atoms. The molecule has 0 heterocycles. The summed E-state index contributed by atoms with van der Waals surface area (Å²) in [7, 11) is 0. The number of carbonyl (C=O) groups excluding carboxylic acids is 1. The smallest absolute Gasteiger partial charge is 0.329 e. The molecule has 1 saturated carbocycles. The summed E-state index contributed by atoms with van der Waals surface area (Å²) in [6.45, 7) is 3.70. The first-order valence-electron chi connectivity index (χ1n) is 7.00. The van der Waals surface area contributed by atoms with E-state index in [9.17, 15) is 19.8 Å². The van der Waals surface area contributed by atoms with Crippen LogP contribution >= 0.6 is 0 Å². The number of nitrogens with zero attached hydrogens (tertiary/aromatic N) is 1. The van der Waals surface area contributed by atoms with Crippen molar-refractivity contribution in [1.29, 1.82) is 0 Å². The van der Waals surface area contributed by atoms with E-state index in [-0.39, 0.29) is 11.7 Å².